The first-order valence-corrected chi connectivity index (χ1v) is 10.4. The highest BCUT2D eigenvalue weighted by molar-refractivity contribution is 5.22. The first-order valence-electron chi connectivity index (χ1n) is 10.4. The first-order chi connectivity index (χ1) is 12.8. The van der Waals surface area contributed by atoms with E-state index in [0.717, 1.165) is 43.0 Å². The average molecular weight is 358 g/mol. The molecular formula is C22H35N3O. The topological polar surface area (TPSA) is 64.9 Å². The molecule has 0 aliphatic carbocycles. The summed E-state index contributed by atoms with van der Waals surface area (Å²) in [6, 6.07) is 8.42. The van der Waals surface area contributed by atoms with Gasteiger partial charge in [-0.3, -0.25) is 0 Å². The second-order valence-corrected chi connectivity index (χ2v) is 7.20. The number of aromatic nitrogens is 2. The molecule has 0 saturated carbocycles. The van der Waals surface area contributed by atoms with Crippen molar-refractivity contribution < 1.29 is 4.52 Å². The van der Waals surface area contributed by atoms with Crippen molar-refractivity contribution in [1.29, 1.82) is 0 Å². The number of nitrogens with zero attached hydrogens (tertiary/aromatic N) is 2. The highest BCUT2D eigenvalue weighted by Crippen LogP contribution is 2.12. The first kappa shape index (κ1) is 20.6. The van der Waals surface area contributed by atoms with Crippen LogP contribution in [0.1, 0.15) is 87.6 Å². The van der Waals surface area contributed by atoms with E-state index in [4.69, 9.17) is 10.3 Å². The Kier molecular flexibility index (Phi) is 10.0. The summed E-state index contributed by atoms with van der Waals surface area (Å²) in [5.74, 6) is 1.61. The fraction of sp³-hybridized carbons (Fsp3) is 0.636. The molecule has 1 aromatic carbocycles. The third-order valence-electron chi connectivity index (χ3n) is 4.90. The molecule has 144 valence electrons. The number of hydrogen-bond donors (Lipinski definition) is 1. The van der Waals surface area contributed by atoms with Gasteiger partial charge in [0, 0.05) is 19.4 Å². The molecule has 0 atom stereocenters. The zero-order chi connectivity index (χ0) is 18.5. The maximum absolute atomic E-state index is 5.63. The SMILES string of the molecule is CCCCCCCCCCCc1noc(CCc2ccc(CN)cc2)n1. The Morgan fingerprint density at radius 1 is 0.769 bits per heavy atom. The van der Waals surface area contributed by atoms with Crippen LogP contribution < -0.4 is 5.73 Å². The molecule has 26 heavy (non-hydrogen) atoms. The maximum atomic E-state index is 5.63. The Bertz CT molecular complexity index is 592. The van der Waals surface area contributed by atoms with Crippen molar-refractivity contribution in [2.45, 2.75) is 90.5 Å². The van der Waals surface area contributed by atoms with Gasteiger partial charge in [-0.2, -0.15) is 4.98 Å². The lowest BCUT2D eigenvalue weighted by molar-refractivity contribution is 0.372. The minimum atomic E-state index is 0.589. The molecule has 0 aliphatic heterocycles. The third-order valence-corrected chi connectivity index (χ3v) is 4.90. The minimum Gasteiger partial charge on any atom is -0.339 e. The number of nitrogens with two attached hydrogens (primary N) is 1. The lowest BCUT2D eigenvalue weighted by Crippen LogP contribution is -1.97. The molecule has 0 aliphatic rings. The zero-order valence-corrected chi connectivity index (χ0v) is 16.4. The van der Waals surface area contributed by atoms with Crippen molar-refractivity contribution in [2.24, 2.45) is 5.73 Å². The van der Waals surface area contributed by atoms with Gasteiger partial charge in [0.05, 0.1) is 0 Å². The van der Waals surface area contributed by atoms with Crippen LogP contribution in [0.25, 0.3) is 0 Å². The van der Waals surface area contributed by atoms with Crippen LogP contribution >= 0.6 is 0 Å². The molecule has 1 heterocycles. The zero-order valence-electron chi connectivity index (χ0n) is 16.4. The standard InChI is InChI=1S/C22H35N3O/c1-2-3-4-5-6-7-8-9-10-11-21-24-22(26-25-21)17-16-19-12-14-20(18-23)15-13-19/h12-15H,2-11,16-18,23H2,1H3. The van der Waals surface area contributed by atoms with E-state index in [1.165, 1.54) is 56.9 Å². The lowest BCUT2D eigenvalue weighted by atomic mass is 10.1. The smallest absolute Gasteiger partial charge is 0.226 e. The van der Waals surface area contributed by atoms with E-state index >= 15 is 0 Å². The lowest BCUT2D eigenvalue weighted by Gasteiger charge is -2.01. The fourth-order valence-electron chi connectivity index (χ4n) is 3.18. The molecule has 0 fully saturated rings. The van der Waals surface area contributed by atoms with Crippen LogP contribution in [0.5, 0.6) is 0 Å². The summed E-state index contributed by atoms with van der Waals surface area (Å²) in [6.45, 7) is 2.86. The average Bonchev–Trinajstić information content (AvgIpc) is 3.13. The summed E-state index contributed by atoms with van der Waals surface area (Å²) in [6.07, 6.45) is 14.7. The summed E-state index contributed by atoms with van der Waals surface area (Å²) in [4.78, 5) is 4.53. The quantitative estimate of drug-likeness (QED) is 0.461. The molecule has 0 amide bonds. The van der Waals surface area contributed by atoms with E-state index in [2.05, 4.69) is 41.3 Å². The Balaban J connectivity index is 1.56. The minimum absolute atomic E-state index is 0.589. The molecule has 2 aromatic rings. The van der Waals surface area contributed by atoms with Gasteiger partial charge < -0.3 is 10.3 Å². The van der Waals surface area contributed by atoms with E-state index in [0.29, 0.717) is 6.54 Å². The molecule has 4 heteroatoms. The summed E-state index contributed by atoms with van der Waals surface area (Å²) in [7, 11) is 0. The van der Waals surface area contributed by atoms with Crippen LogP contribution in [0.15, 0.2) is 28.8 Å². The van der Waals surface area contributed by atoms with Crippen molar-refractivity contribution >= 4 is 0 Å². The summed E-state index contributed by atoms with van der Waals surface area (Å²) >= 11 is 0. The molecule has 0 unspecified atom stereocenters. The highest BCUT2D eigenvalue weighted by Gasteiger charge is 2.06. The fourth-order valence-corrected chi connectivity index (χ4v) is 3.18. The molecule has 1 aromatic heterocycles. The van der Waals surface area contributed by atoms with Crippen LogP contribution in [-0.2, 0) is 25.8 Å². The Morgan fingerprint density at radius 2 is 1.38 bits per heavy atom. The normalized spacial score (nSPS) is 11.2. The van der Waals surface area contributed by atoms with E-state index < -0.39 is 0 Å². The Hall–Kier alpha value is -1.68. The monoisotopic (exact) mass is 357 g/mol. The van der Waals surface area contributed by atoms with E-state index in [1.54, 1.807) is 0 Å². The number of hydrogen-bond acceptors (Lipinski definition) is 4. The summed E-state index contributed by atoms with van der Waals surface area (Å²) < 4.78 is 5.38. The number of benzene rings is 1. The van der Waals surface area contributed by atoms with Crippen LogP contribution in [0.3, 0.4) is 0 Å². The van der Waals surface area contributed by atoms with Gasteiger partial charge in [-0.1, -0.05) is 87.7 Å². The largest absolute Gasteiger partial charge is 0.339 e. The number of aryl methyl sites for hydroxylation is 3. The van der Waals surface area contributed by atoms with Crippen molar-refractivity contribution in [2.75, 3.05) is 0 Å². The Labute approximate surface area is 158 Å². The van der Waals surface area contributed by atoms with Gasteiger partial charge in [-0.15, -0.1) is 0 Å². The van der Waals surface area contributed by atoms with Gasteiger partial charge in [0.15, 0.2) is 5.82 Å². The molecule has 0 saturated heterocycles. The van der Waals surface area contributed by atoms with Crippen LogP contribution in [0.2, 0.25) is 0 Å². The van der Waals surface area contributed by atoms with E-state index in [1.807, 2.05) is 0 Å². The van der Waals surface area contributed by atoms with Gasteiger partial charge in [0.1, 0.15) is 0 Å². The maximum Gasteiger partial charge on any atom is 0.226 e. The molecule has 2 N–H and O–H groups in total. The van der Waals surface area contributed by atoms with Crippen molar-refractivity contribution in [3.63, 3.8) is 0 Å². The predicted octanol–water partition coefficient (Wildman–Crippen LogP) is 5.39. The van der Waals surface area contributed by atoms with Crippen molar-refractivity contribution in [3.05, 3.63) is 47.1 Å². The second-order valence-electron chi connectivity index (χ2n) is 7.20. The van der Waals surface area contributed by atoms with Gasteiger partial charge in [0.2, 0.25) is 5.89 Å². The molecule has 0 radical (unpaired) electrons. The number of unbranched alkanes of at least 4 members (excludes halogenated alkanes) is 8. The molecule has 0 bridgehead atoms. The van der Waals surface area contributed by atoms with Crippen molar-refractivity contribution in [3.8, 4) is 0 Å². The molecular weight excluding hydrogens is 322 g/mol. The summed E-state index contributed by atoms with van der Waals surface area (Å²) in [5.41, 5.74) is 8.07. The second kappa shape index (κ2) is 12.6. The summed E-state index contributed by atoms with van der Waals surface area (Å²) in [5, 5.41) is 4.12. The van der Waals surface area contributed by atoms with E-state index in [-0.39, 0.29) is 0 Å². The van der Waals surface area contributed by atoms with Crippen molar-refractivity contribution in [1.82, 2.24) is 10.1 Å². The van der Waals surface area contributed by atoms with Crippen LogP contribution in [0, 0.1) is 0 Å². The van der Waals surface area contributed by atoms with Gasteiger partial charge in [-0.05, 0) is 24.0 Å². The molecule has 0 spiro atoms. The molecule has 2 rings (SSSR count). The van der Waals surface area contributed by atoms with E-state index in [9.17, 15) is 0 Å². The third kappa shape index (κ3) is 8.13. The van der Waals surface area contributed by atoms with Gasteiger partial charge in [-0.25, -0.2) is 0 Å². The van der Waals surface area contributed by atoms with Gasteiger partial charge in [0.25, 0.3) is 0 Å². The van der Waals surface area contributed by atoms with Crippen LogP contribution in [-0.4, -0.2) is 10.1 Å². The number of rotatable bonds is 14. The highest BCUT2D eigenvalue weighted by atomic mass is 16.5. The predicted molar refractivity (Wildman–Crippen MR) is 107 cm³/mol. The Morgan fingerprint density at radius 3 is 2.04 bits per heavy atom. The van der Waals surface area contributed by atoms with Crippen LogP contribution in [0.4, 0.5) is 0 Å². The van der Waals surface area contributed by atoms with Gasteiger partial charge >= 0.3 is 0 Å². The molecule has 4 nitrogen and oxygen atoms in total.